The van der Waals surface area contributed by atoms with E-state index in [9.17, 15) is 0 Å². The van der Waals surface area contributed by atoms with Crippen molar-refractivity contribution in [2.75, 3.05) is 0 Å². The molecule has 0 aliphatic heterocycles. The van der Waals surface area contributed by atoms with Crippen LogP contribution < -0.4 is 20.7 Å². The molecule has 3 heteroatoms. The van der Waals surface area contributed by atoms with E-state index in [4.69, 9.17) is 0 Å². The third-order valence-corrected chi connectivity index (χ3v) is 17.8. The molecule has 0 saturated heterocycles. The summed E-state index contributed by atoms with van der Waals surface area (Å²) in [5.41, 5.74) is 11.9. The predicted molar refractivity (Wildman–Crippen MR) is 270 cm³/mol. The highest BCUT2D eigenvalue weighted by atomic mass is 28.3. The monoisotopic (exact) mass is 818 g/mol. The molecule has 0 bridgehead atoms. The smallest absolute Gasteiger partial charge is 0.179 e. The molecule has 0 saturated carbocycles. The first-order valence-corrected chi connectivity index (χ1v) is 23.8. The number of aromatic nitrogens is 2. The van der Waals surface area contributed by atoms with Crippen LogP contribution in [0.2, 0.25) is 0 Å². The van der Waals surface area contributed by atoms with Gasteiger partial charge in [-0.1, -0.05) is 212 Å². The molecule has 0 unspecified atom stereocenters. The molecule has 296 valence electrons. The van der Waals surface area contributed by atoms with Crippen molar-refractivity contribution in [2.45, 2.75) is 0 Å². The van der Waals surface area contributed by atoms with Crippen LogP contribution in [0.4, 0.5) is 0 Å². The average Bonchev–Trinajstić information content (AvgIpc) is 3.88. The van der Waals surface area contributed by atoms with E-state index in [1.807, 2.05) is 0 Å². The summed E-state index contributed by atoms with van der Waals surface area (Å²) in [6, 6.07) is 94.2. The fourth-order valence-corrected chi connectivity index (χ4v) is 15.0. The number of benzene rings is 10. The van der Waals surface area contributed by atoms with Gasteiger partial charge in [0.05, 0.1) is 22.1 Å². The lowest BCUT2D eigenvalue weighted by molar-refractivity contribution is 1.16. The molecule has 0 spiro atoms. The van der Waals surface area contributed by atoms with Gasteiger partial charge in [0.2, 0.25) is 0 Å². The highest BCUT2D eigenvalue weighted by Crippen LogP contribution is 2.38. The quantitative estimate of drug-likeness (QED) is 0.107. The van der Waals surface area contributed by atoms with Crippen molar-refractivity contribution in [3.8, 4) is 33.6 Å². The van der Waals surface area contributed by atoms with Crippen LogP contribution >= 0.6 is 0 Å². The minimum absolute atomic E-state index is 1.13. The molecule has 2 aromatic heterocycles. The zero-order valence-electron chi connectivity index (χ0n) is 34.6. The Morgan fingerprint density at radius 3 is 1.17 bits per heavy atom. The Balaban J connectivity index is 1.08. The number of rotatable bonds is 8. The molecule has 0 N–H and O–H groups in total. The summed E-state index contributed by atoms with van der Waals surface area (Å²) < 4.78 is 4.95. The van der Waals surface area contributed by atoms with Gasteiger partial charge in [-0.15, -0.1) is 0 Å². The van der Waals surface area contributed by atoms with Crippen molar-refractivity contribution in [3.63, 3.8) is 0 Å². The molecular weight excluding hydrogens is 777 g/mol. The molecule has 0 amide bonds. The van der Waals surface area contributed by atoms with Gasteiger partial charge in [0, 0.05) is 32.9 Å². The van der Waals surface area contributed by atoms with Crippen LogP contribution in [0.5, 0.6) is 0 Å². The van der Waals surface area contributed by atoms with Gasteiger partial charge in [-0.3, -0.25) is 0 Å². The Bertz CT molecular complexity index is 3490. The maximum atomic E-state index is 2.51. The number of para-hydroxylation sites is 2. The standard InChI is InChI=1S/C60H42N2Si/c1-5-18-43(19-6-1)44-32-34-45(35-33-44)46-20-17-21-47(40-46)61-57-30-15-13-28-53(57)55-38-36-48(41-59(55)61)62-58-31-16-14-29-54(58)56-39-37-52(42-60(56)62)63(49-22-7-2-8-23-49,50-24-9-3-10-25-50)51-26-11-4-12-27-51/h1-42H. The molecule has 0 atom stereocenters. The van der Waals surface area contributed by atoms with Gasteiger partial charge in [0.25, 0.3) is 0 Å². The van der Waals surface area contributed by atoms with Crippen LogP contribution in [0.25, 0.3) is 77.2 Å². The van der Waals surface area contributed by atoms with Gasteiger partial charge in [0.1, 0.15) is 0 Å². The molecule has 63 heavy (non-hydrogen) atoms. The minimum Gasteiger partial charge on any atom is -0.309 e. The Kier molecular flexibility index (Phi) is 8.87. The van der Waals surface area contributed by atoms with Crippen molar-refractivity contribution in [1.82, 2.24) is 9.13 Å². The molecule has 10 aromatic carbocycles. The Morgan fingerprint density at radius 2 is 0.619 bits per heavy atom. The first-order chi connectivity index (χ1) is 31.3. The average molecular weight is 819 g/mol. The predicted octanol–water partition coefficient (Wildman–Crippen LogP) is 12.6. The Hall–Kier alpha value is -7.98. The van der Waals surface area contributed by atoms with Gasteiger partial charge >= 0.3 is 0 Å². The van der Waals surface area contributed by atoms with E-state index >= 15 is 0 Å². The Morgan fingerprint density at radius 1 is 0.222 bits per heavy atom. The second-order valence-corrected chi connectivity index (χ2v) is 20.3. The van der Waals surface area contributed by atoms with E-state index in [-0.39, 0.29) is 0 Å². The van der Waals surface area contributed by atoms with E-state index in [1.165, 1.54) is 86.6 Å². The maximum Gasteiger partial charge on any atom is 0.179 e. The number of hydrogen-bond acceptors (Lipinski definition) is 0. The zero-order chi connectivity index (χ0) is 41.7. The van der Waals surface area contributed by atoms with E-state index < -0.39 is 8.07 Å². The van der Waals surface area contributed by atoms with Crippen molar-refractivity contribution >= 4 is 72.4 Å². The summed E-state index contributed by atoms with van der Waals surface area (Å²) in [6.45, 7) is 0. The summed E-state index contributed by atoms with van der Waals surface area (Å²) in [7, 11) is -2.78. The van der Waals surface area contributed by atoms with Gasteiger partial charge in [0.15, 0.2) is 8.07 Å². The van der Waals surface area contributed by atoms with Crippen LogP contribution in [-0.4, -0.2) is 17.2 Å². The van der Waals surface area contributed by atoms with E-state index in [0.29, 0.717) is 0 Å². The first kappa shape index (κ1) is 36.8. The van der Waals surface area contributed by atoms with Crippen molar-refractivity contribution in [2.24, 2.45) is 0 Å². The molecule has 0 fully saturated rings. The third-order valence-electron chi connectivity index (χ3n) is 13.1. The van der Waals surface area contributed by atoms with Gasteiger partial charge in [-0.25, -0.2) is 0 Å². The van der Waals surface area contributed by atoms with Gasteiger partial charge in [-0.05, 0) is 85.5 Å². The van der Waals surface area contributed by atoms with Crippen molar-refractivity contribution in [3.05, 3.63) is 255 Å². The van der Waals surface area contributed by atoms with Crippen LogP contribution in [-0.2, 0) is 0 Å². The van der Waals surface area contributed by atoms with E-state index in [0.717, 1.165) is 11.4 Å². The number of fused-ring (bicyclic) bond motifs is 6. The molecule has 0 radical (unpaired) electrons. The van der Waals surface area contributed by atoms with Gasteiger partial charge < -0.3 is 9.13 Å². The molecular formula is C60H42N2Si. The molecule has 0 aliphatic rings. The highest BCUT2D eigenvalue weighted by Gasteiger charge is 2.41. The normalized spacial score (nSPS) is 11.8. The second kappa shape index (κ2) is 15.2. The summed E-state index contributed by atoms with van der Waals surface area (Å²) >= 11 is 0. The van der Waals surface area contributed by atoms with Crippen molar-refractivity contribution in [1.29, 1.82) is 0 Å². The first-order valence-electron chi connectivity index (χ1n) is 21.8. The molecule has 12 aromatic rings. The van der Waals surface area contributed by atoms with E-state index in [1.54, 1.807) is 0 Å². The Labute approximate surface area is 368 Å². The molecule has 0 aliphatic carbocycles. The molecule has 2 nitrogen and oxygen atoms in total. The maximum absolute atomic E-state index is 2.78. The lowest BCUT2D eigenvalue weighted by atomic mass is 10.00. The van der Waals surface area contributed by atoms with E-state index in [2.05, 4.69) is 264 Å². The third kappa shape index (κ3) is 6.00. The van der Waals surface area contributed by atoms with Crippen LogP contribution in [0.3, 0.4) is 0 Å². The highest BCUT2D eigenvalue weighted by molar-refractivity contribution is 7.20. The zero-order valence-corrected chi connectivity index (χ0v) is 35.6. The molecule has 2 heterocycles. The van der Waals surface area contributed by atoms with Crippen LogP contribution in [0.1, 0.15) is 0 Å². The summed E-state index contributed by atoms with van der Waals surface area (Å²) in [5.74, 6) is 0. The summed E-state index contributed by atoms with van der Waals surface area (Å²) in [5, 5.41) is 10.4. The minimum atomic E-state index is -2.78. The fraction of sp³-hybridized carbons (Fsp3) is 0. The second-order valence-electron chi connectivity index (χ2n) is 16.5. The fourth-order valence-electron chi connectivity index (χ4n) is 10.2. The SMILES string of the molecule is c1ccc(-c2ccc(-c3cccc(-n4c5ccccc5c5ccc(-n6c7ccccc7c7ccc([Si](c8ccccc8)(c8ccccc8)c8ccccc8)cc76)cc54)c3)cc2)cc1. The largest absolute Gasteiger partial charge is 0.309 e. The van der Waals surface area contributed by atoms with Crippen LogP contribution in [0.15, 0.2) is 255 Å². The summed E-state index contributed by atoms with van der Waals surface area (Å²) in [4.78, 5) is 0. The lowest BCUT2D eigenvalue weighted by Gasteiger charge is -2.34. The number of nitrogens with zero attached hydrogens (tertiary/aromatic N) is 2. The van der Waals surface area contributed by atoms with Crippen LogP contribution in [0, 0.1) is 0 Å². The van der Waals surface area contributed by atoms with Crippen molar-refractivity contribution < 1.29 is 0 Å². The lowest BCUT2D eigenvalue weighted by Crippen LogP contribution is -2.74. The molecule has 12 rings (SSSR count). The summed E-state index contributed by atoms with van der Waals surface area (Å²) in [6.07, 6.45) is 0. The van der Waals surface area contributed by atoms with Gasteiger partial charge in [-0.2, -0.15) is 0 Å². The topological polar surface area (TPSA) is 9.86 Å². The number of hydrogen-bond donors (Lipinski definition) is 0.